The minimum absolute atomic E-state index is 0.485. The van der Waals surface area contributed by atoms with E-state index in [1.54, 1.807) is 0 Å². The van der Waals surface area contributed by atoms with Gasteiger partial charge >= 0.3 is 0 Å². The standard InChI is InChI=1S/C14H27N3/c15-12-10-13-4-5-14(11-12)17(13)9-8-16-6-2-1-3-7-16/h12-14H,1-11,15H2. The van der Waals surface area contributed by atoms with Crippen molar-refractivity contribution in [3.05, 3.63) is 0 Å². The first-order valence-electron chi connectivity index (χ1n) is 7.56. The van der Waals surface area contributed by atoms with Crippen LogP contribution >= 0.6 is 0 Å². The van der Waals surface area contributed by atoms with Gasteiger partial charge in [0.25, 0.3) is 0 Å². The molecule has 17 heavy (non-hydrogen) atoms. The highest BCUT2D eigenvalue weighted by atomic mass is 15.3. The molecule has 0 spiro atoms. The van der Waals surface area contributed by atoms with Gasteiger partial charge in [-0.25, -0.2) is 0 Å². The van der Waals surface area contributed by atoms with Crippen LogP contribution in [0.2, 0.25) is 0 Å². The Hall–Kier alpha value is -0.120. The average Bonchev–Trinajstić information content (AvgIpc) is 2.59. The van der Waals surface area contributed by atoms with E-state index in [1.807, 2.05) is 0 Å². The molecular weight excluding hydrogens is 210 g/mol. The second-order valence-electron chi connectivity index (χ2n) is 6.26. The van der Waals surface area contributed by atoms with Crippen molar-refractivity contribution in [1.29, 1.82) is 0 Å². The molecule has 3 aliphatic heterocycles. The Bertz CT molecular complexity index is 236. The summed E-state index contributed by atoms with van der Waals surface area (Å²) in [4.78, 5) is 5.44. The van der Waals surface area contributed by atoms with Crippen molar-refractivity contribution in [3.63, 3.8) is 0 Å². The molecule has 2 unspecified atom stereocenters. The van der Waals surface area contributed by atoms with Gasteiger partial charge in [0, 0.05) is 31.2 Å². The van der Waals surface area contributed by atoms with Gasteiger partial charge < -0.3 is 10.6 Å². The lowest BCUT2D eigenvalue weighted by Gasteiger charge is -2.39. The third kappa shape index (κ3) is 2.67. The van der Waals surface area contributed by atoms with Crippen molar-refractivity contribution in [2.45, 2.75) is 63.1 Å². The van der Waals surface area contributed by atoms with Gasteiger partial charge in [-0.15, -0.1) is 0 Å². The number of piperidine rings is 2. The van der Waals surface area contributed by atoms with E-state index in [1.165, 1.54) is 71.1 Å². The third-order valence-corrected chi connectivity index (χ3v) is 5.04. The maximum absolute atomic E-state index is 6.12. The SMILES string of the molecule is NC1CC2CCC(C1)N2CCN1CCCCC1. The Balaban J connectivity index is 1.48. The van der Waals surface area contributed by atoms with E-state index in [2.05, 4.69) is 9.80 Å². The normalized spacial score (nSPS) is 39.7. The summed E-state index contributed by atoms with van der Waals surface area (Å²) in [6.07, 6.45) is 9.57. The molecule has 3 nitrogen and oxygen atoms in total. The van der Waals surface area contributed by atoms with E-state index < -0.39 is 0 Å². The molecule has 98 valence electrons. The highest BCUT2D eigenvalue weighted by Gasteiger charge is 2.39. The van der Waals surface area contributed by atoms with Gasteiger partial charge in [0.2, 0.25) is 0 Å². The molecule has 0 saturated carbocycles. The molecule has 0 aromatic rings. The van der Waals surface area contributed by atoms with Crippen molar-refractivity contribution in [2.24, 2.45) is 5.73 Å². The maximum Gasteiger partial charge on any atom is 0.0115 e. The monoisotopic (exact) mass is 237 g/mol. The molecule has 0 aromatic heterocycles. The van der Waals surface area contributed by atoms with E-state index >= 15 is 0 Å². The van der Waals surface area contributed by atoms with Gasteiger partial charge in [-0.05, 0) is 51.6 Å². The molecule has 3 aliphatic rings. The molecule has 3 heterocycles. The molecule has 2 bridgehead atoms. The second-order valence-corrected chi connectivity index (χ2v) is 6.26. The smallest absolute Gasteiger partial charge is 0.0115 e. The second kappa shape index (κ2) is 5.25. The fraction of sp³-hybridized carbons (Fsp3) is 1.00. The molecule has 2 atom stereocenters. The van der Waals surface area contributed by atoms with Crippen LogP contribution in [0.5, 0.6) is 0 Å². The molecule has 0 amide bonds. The first kappa shape index (κ1) is 11.9. The molecule has 3 saturated heterocycles. The predicted molar refractivity (Wildman–Crippen MR) is 71.0 cm³/mol. The summed E-state index contributed by atoms with van der Waals surface area (Å²) in [5.41, 5.74) is 6.12. The van der Waals surface area contributed by atoms with Gasteiger partial charge in [-0.2, -0.15) is 0 Å². The highest BCUT2D eigenvalue weighted by Crippen LogP contribution is 2.34. The third-order valence-electron chi connectivity index (χ3n) is 5.04. The number of fused-ring (bicyclic) bond motifs is 2. The Kier molecular flexibility index (Phi) is 3.69. The molecule has 0 aromatic carbocycles. The van der Waals surface area contributed by atoms with Crippen molar-refractivity contribution >= 4 is 0 Å². The molecule has 3 heteroatoms. The summed E-state index contributed by atoms with van der Waals surface area (Å²) in [5, 5.41) is 0. The zero-order valence-corrected chi connectivity index (χ0v) is 11.0. The molecule has 3 fully saturated rings. The van der Waals surface area contributed by atoms with Gasteiger partial charge in [0.1, 0.15) is 0 Å². The molecule has 0 aliphatic carbocycles. The Morgan fingerprint density at radius 1 is 0.882 bits per heavy atom. The topological polar surface area (TPSA) is 32.5 Å². The van der Waals surface area contributed by atoms with Gasteiger partial charge in [0.15, 0.2) is 0 Å². The highest BCUT2D eigenvalue weighted by molar-refractivity contribution is 4.96. The fourth-order valence-electron chi connectivity index (χ4n) is 4.12. The van der Waals surface area contributed by atoms with Gasteiger partial charge in [-0.1, -0.05) is 6.42 Å². The van der Waals surface area contributed by atoms with Crippen molar-refractivity contribution < 1.29 is 0 Å². The van der Waals surface area contributed by atoms with Crippen LogP contribution in [0.25, 0.3) is 0 Å². The zero-order valence-electron chi connectivity index (χ0n) is 11.0. The van der Waals surface area contributed by atoms with Crippen molar-refractivity contribution in [1.82, 2.24) is 9.80 Å². The van der Waals surface area contributed by atoms with Crippen LogP contribution in [-0.2, 0) is 0 Å². The molecular formula is C14H27N3. The quantitative estimate of drug-likeness (QED) is 0.806. The minimum Gasteiger partial charge on any atom is -0.328 e. The first-order valence-corrected chi connectivity index (χ1v) is 7.56. The summed E-state index contributed by atoms with van der Waals surface area (Å²) in [6.45, 7) is 5.26. The number of hydrogen-bond acceptors (Lipinski definition) is 3. The lowest BCUT2D eigenvalue weighted by molar-refractivity contribution is 0.103. The van der Waals surface area contributed by atoms with Crippen LogP contribution < -0.4 is 5.73 Å². The summed E-state index contributed by atoms with van der Waals surface area (Å²) in [7, 11) is 0. The predicted octanol–water partition coefficient (Wildman–Crippen LogP) is 1.43. The van der Waals surface area contributed by atoms with E-state index in [0.29, 0.717) is 6.04 Å². The summed E-state index contributed by atoms with van der Waals surface area (Å²) in [6, 6.07) is 2.11. The Morgan fingerprint density at radius 2 is 1.53 bits per heavy atom. The van der Waals surface area contributed by atoms with Gasteiger partial charge in [-0.3, -0.25) is 4.90 Å². The van der Waals surface area contributed by atoms with E-state index in [-0.39, 0.29) is 0 Å². The first-order chi connectivity index (χ1) is 8.33. The maximum atomic E-state index is 6.12. The van der Waals surface area contributed by atoms with Crippen LogP contribution in [-0.4, -0.2) is 54.1 Å². The zero-order chi connectivity index (χ0) is 11.7. The van der Waals surface area contributed by atoms with Crippen LogP contribution in [0.1, 0.15) is 44.9 Å². The number of nitrogens with two attached hydrogens (primary N) is 1. The molecule has 0 radical (unpaired) electrons. The number of hydrogen-bond donors (Lipinski definition) is 1. The van der Waals surface area contributed by atoms with E-state index in [9.17, 15) is 0 Å². The van der Waals surface area contributed by atoms with Crippen LogP contribution in [0.3, 0.4) is 0 Å². The van der Waals surface area contributed by atoms with Gasteiger partial charge in [0.05, 0.1) is 0 Å². The lowest BCUT2D eigenvalue weighted by atomic mass is 9.98. The number of nitrogens with zero attached hydrogens (tertiary/aromatic N) is 2. The number of rotatable bonds is 3. The molecule has 2 N–H and O–H groups in total. The van der Waals surface area contributed by atoms with Crippen LogP contribution in [0, 0.1) is 0 Å². The fourth-order valence-corrected chi connectivity index (χ4v) is 4.12. The van der Waals surface area contributed by atoms with Crippen LogP contribution in [0.15, 0.2) is 0 Å². The largest absolute Gasteiger partial charge is 0.328 e. The summed E-state index contributed by atoms with van der Waals surface area (Å²) >= 11 is 0. The summed E-state index contributed by atoms with van der Waals surface area (Å²) < 4.78 is 0. The molecule has 3 rings (SSSR count). The Labute approximate surface area is 105 Å². The van der Waals surface area contributed by atoms with Crippen molar-refractivity contribution in [3.8, 4) is 0 Å². The van der Waals surface area contributed by atoms with Crippen molar-refractivity contribution in [2.75, 3.05) is 26.2 Å². The van der Waals surface area contributed by atoms with E-state index in [4.69, 9.17) is 5.73 Å². The minimum atomic E-state index is 0.485. The summed E-state index contributed by atoms with van der Waals surface area (Å²) in [5.74, 6) is 0. The lowest BCUT2D eigenvalue weighted by Crippen LogP contribution is -2.50. The van der Waals surface area contributed by atoms with Crippen LogP contribution in [0.4, 0.5) is 0 Å². The Morgan fingerprint density at radius 3 is 2.18 bits per heavy atom. The average molecular weight is 237 g/mol. The van der Waals surface area contributed by atoms with E-state index in [0.717, 1.165) is 12.1 Å². The number of likely N-dealkylation sites (tertiary alicyclic amines) is 1.